The van der Waals surface area contributed by atoms with Crippen molar-refractivity contribution in [3.8, 4) is 0 Å². The number of rotatable bonds is 5. The van der Waals surface area contributed by atoms with Crippen LogP contribution in [-0.2, 0) is 9.53 Å². The number of pyridine rings is 1. The first-order valence-corrected chi connectivity index (χ1v) is 9.53. The molecule has 0 saturated carbocycles. The van der Waals surface area contributed by atoms with Crippen LogP contribution in [0, 0.1) is 0 Å². The number of carbonyl (C=O) groups is 2. The molecule has 0 bridgehead atoms. The van der Waals surface area contributed by atoms with Crippen molar-refractivity contribution in [2.24, 2.45) is 0 Å². The van der Waals surface area contributed by atoms with Crippen LogP contribution in [0.25, 0.3) is 10.9 Å². The van der Waals surface area contributed by atoms with Crippen molar-refractivity contribution in [1.29, 1.82) is 0 Å². The lowest BCUT2D eigenvalue weighted by Crippen LogP contribution is -2.48. The minimum atomic E-state index is -0.513. The Bertz CT molecular complexity index is 1010. The fourth-order valence-corrected chi connectivity index (χ4v) is 3.58. The van der Waals surface area contributed by atoms with Crippen molar-refractivity contribution < 1.29 is 14.3 Å². The van der Waals surface area contributed by atoms with Gasteiger partial charge in [0.15, 0.2) is 0 Å². The zero-order valence-corrected chi connectivity index (χ0v) is 16.2. The van der Waals surface area contributed by atoms with Gasteiger partial charge >= 0.3 is 5.97 Å². The van der Waals surface area contributed by atoms with E-state index in [2.05, 4.69) is 25.1 Å². The molecule has 4 rings (SSSR count). The van der Waals surface area contributed by atoms with Gasteiger partial charge in [-0.2, -0.15) is 0 Å². The molecule has 8 nitrogen and oxygen atoms in total. The number of methoxy groups -OCH3 is 1. The van der Waals surface area contributed by atoms with Gasteiger partial charge in [-0.25, -0.2) is 9.78 Å². The number of amides is 1. The highest BCUT2D eigenvalue weighted by Gasteiger charge is 2.23. The molecule has 1 aliphatic rings. The Morgan fingerprint density at radius 3 is 2.59 bits per heavy atom. The number of aromatic nitrogens is 2. The second kappa shape index (κ2) is 8.32. The Hall–Kier alpha value is -3.39. The molecular weight excluding hydrogens is 370 g/mol. The number of esters is 1. The molecule has 1 saturated heterocycles. The summed E-state index contributed by atoms with van der Waals surface area (Å²) in [6.07, 6.45) is 1.79. The number of benzene rings is 1. The molecule has 2 N–H and O–H groups in total. The monoisotopic (exact) mass is 393 g/mol. The van der Waals surface area contributed by atoms with Crippen molar-refractivity contribution in [1.82, 2.24) is 14.9 Å². The zero-order valence-electron chi connectivity index (χ0n) is 16.2. The molecule has 3 aromatic rings. The summed E-state index contributed by atoms with van der Waals surface area (Å²) in [5, 5.41) is 3.68. The smallest absolute Gasteiger partial charge is 0.356 e. The van der Waals surface area contributed by atoms with Crippen molar-refractivity contribution in [3.63, 3.8) is 0 Å². The number of hydrogen-bond acceptors (Lipinski definition) is 6. The average Bonchev–Trinajstić information content (AvgIpc) is 3.12. The van der Waals surface area contributed by atoms with E-state index in [1.165, 1.54) is 7.11 Å². The topological polar surface area (TPSA) is 90.6 Å². The van der Waals surface area contributed by atoms with Crippen LogP contribution in [0.1, 0.15) is 10.5 Å². The first kappa shape index (κ1) is 18.9. The first-order valence-electron chi connectivity index (χ1n) is 9.53. The minimum Gasteiger partial charge on any atom is -0.464 e. The molecule has 150 valence electrons. The van der Waals surface area contributed by atoms with Gasteiger partial charge in [0.05, 0.1) is 19.3 Å². The molecule has 0 aliphatic carbocycles. The lowest BCUT2D eigenvalue weighted by molar-refractivity contribution is -0.117. The number of H-pyrrole nitrogens is 1. The van der Waals surface area contributed by atoms with Gasteiger partial charge in [-0.3, -0.25) is 9.69 Å². The number of piperazine rings is 1. The Morgan fingerprint density at radius 1 is 1.10 bits per heavy atom. The van der Waals surface area contributed by atoms with Gasteiger partial charge in [0, 0.05) is 43.3 Å². The molecule has 8 heteroatoms. The largest absolute Gasteiger partial charge is 0.464 e. The third kappa shape index (κ3) is 4.07. The second-order valence-electron chi connectivity index (χ2n) is 6.91. The number of nitrogens with zero attached hydrogens (tertiary/aromatic N) is 3. The minimum absolute atomic E-state index is 0.161. The van der Waals surface area contributed by atoms with Crippen LogP contribution in [0.5, 0.6) is 0 Å². The number of para-hydroxylation sites is 1. The lowest BCUT2D eigenvalue weighted by atomic mass is 10.2. The fourth-order valence-electron chi connectivity index (χ4n) is 3.58. The van der Waals surface area contributed by atoms with Crippen LogP contribution in [0.4, 0.5) is 11.5 Å². The summed E-state index contributed by atoms with van der Waals surface area (Å²) in [4.78, 5) is 36.5. The van der Waals surface area contributed by atoms with Crippen LogP contribution in [0.15, 0.2) is 48.7 Å². The van der Waals surface area contributed by atoms with Gasteiger partial charge in [0.2, 0.25) is 5.91 Å². The number of anilines is 2. The summed E-state index contributed by atoms with van der Waals surface area (Å²) in [5.41, 5.74) is 1.48. The molecule has 1 fully saturated rings. The second-order valence-corrected chi connectivity index (χ2v) is 6.91. The summed E-state index contributed by atoms with van der Waals surface area (Å²) < 4.78 is 4.85. The van der Waals surface area contributed by atoms with Crippen molar-refractivity contribution in [3.05, 3.63) is 54.4 Å². The van der Waals surface area contributed by atoms with Crippen LogP contribution >= 0.6 is 0 Å². The molecule has 1 aliphatic heterocycles. The molecule has 0 radical (unpaired) electrons. The molecule has 0 spiro atoms. The molecule has 1 aromatic carbocycles. The van der Waals surface area contributed by atoms with E-state index in [9.17, 15) is 9.59 Å². The average molecular weight is 393 g/mol. The normalized spacial score (nSPS) is 14.7. The number of nitrogens with one attached hydrogen (secondary N) is 2. The Morgan fingerprint density at radius 2 is 1.86 bits per heavy atom. The molecule has 3 heterocycles. The maximum Gasteiger partial charge on any atom is 0.356 e. The number of carbonyl (C=O) groups excluding carboxylic acids is 2. The van der Waals surface area contributed by atoms with Gasteiger partial charge in [0.25, 0.3) is 0 Å². The third-order valence-electron chi connectivity index (χ3n) is 5.07. The maximum atomic E-state index is 12.7. The van der Waals surface area contributed by atoms with Crippen molar-refractivity contribution in [2.45, 2.75) is 0 Å². The van der Waals surface area contributed by atoms with Crippen LogP contribution < -0.4 is 10.2 Å². The molecule has 29 heavy (non-hydrogen) atoms. The zero-order chi connectivity index (χ0) is 20.2. The SMILES string of the molecule is COC(=O)c1[nH]c2ccccc2c1NC(=O)CN1CCN(c2ccccn2)CC1. The Balaban J connectivity index is 1.41. The highest BCUT2D eigenvalue weighted by molar-refractivity contribution is 6.11. The van der Waals surface area contributed by atoms with Crippen LogP contribution in [0.2, 0.25) is 0 Å². The van der Waals surface area contributed by atoms with Crippen molar-refractivity contribution >= 4 is 34.3 Å². The van der Waals surface area contributed by atoms with E-state index in [-0.39, 0.29) is 18.1 Å². The summed E-state index contributed by atoms with van der Waals surface area (Å²) in [6.45, 7) is 3.41. The standard InChI is InChI=1S/C21H23N5O3/c1-29-21(28)20-19(15-6-2-3-7-16(15)23-20)24-18(27)14-25-10-12-26(13-11-25)17-8-4-5-9-22-17/h2-9,23H,10-14H2,1H3,(H,24,27). The van der Waals surface area contributed by atoms with E-state index >= 15 is 0 Å². The Labute approximate surface area is 168 Å². The molecule has 0 unspecified atom stereocenters. The maximum absolute atomic E-state index is 12.7. The fraction of sp³-hybridized carbons (Fsp3) is 0.286. The molecule has 2 aromatic heterocycles. The van der Waals surface area contributed by atoms with E-state index in [1.54, 1.807) is 6.20 Å². The van der Waals surface area contributed by atoms with E-state index in [1.807, 2.05) is 42.5 Å². The number of ether oxygens (including phenoxy) is 1. The summed E-state index contributed by atoms with van der Waals surface area (Å²) in [7, 11) is 1.32. The van der Waals surface area contributed by atoms with Crippen molar-refractivity contribution in [2.75, 3.05) is 50.1 Å². The predicted octanol–water partition coefficient (Wildman–Crippen LogP) is 2.11. The number of fused-ring (bicyclic) bond motifs is 1. The van der Waals surface area contributed by atoms with E-state index in [0.29, 0.717) is 5.69 Å². The van der Waals surface area contributed by atoms with E-state index < -0.39 is 5.97 Å². The molecule has 0 atom stereocenters. The predicted molar refractivity (Wildman–Crippen MR) is 111 cm³/mol. The van der Waals surface area contributed by atoms with Crippen LogP contribution in [-0.4, -0.2) is 66.6 Å². The third-order valence-corrected chi connectivity index (χ3v) is 5.07. The molecule has 1 amide bonds. The van der Waals surface area contributed by atoms with Crippen LogP contribution in [0.3, 0.4) is 0 Å². The highest BCUT2D eigenvalue weighted by Crippen LogP contribution is 2.28. The number of aromatic amines is 1. The van der Waals surface area contributed by atoms with Gasteiger partial charge < -0.3 is 19.9 Å². The highest BCUT2D eigenvalue weighted by atomic mass is 16.5. The summed E-state index contributed by atoms with van der Waals surface area (Å²) in [6, 6.07) is 13.3. The Kier molecular flexibility index (Phi) is 5.44. The number of hydrogen-bond donors (Lipinski definition) is 2. The van der Waals surface area contributed by atoms with Gasteiger partial charge in [-0.1, -0.05) is 24.3 Å². The van der Waals surface area contributed by atoms with E-state index in [4.69, 9.17) is 4.74 Å². The summed E-state index contributed by atoms with van der Waals surface area (Å²) in [5.74, 6) is 0.282. The summed E-state index contributed by atoms with van der Waals surface area (Å²) >= 11 is 0. The lowest BCUT2D eigenvalue weighted by Gasteiger charge is -2.34. The molecular formula is C21H23N5O3. The van der Waals surface area contributed by atoms with Gasteiger partial charge in [-0.05, 0) is 18.2 Å². The quantitative estimate of drug-likeness (QED) is 0.646. The van der Waals surface area contributed by atoms with Gasteiger partial charge in [0.1, 0.15) is 11.5 Å². The first-order chi connectivity index (χ1) is 14.2. The van der Waals surface area contributed by atoms with Gasteiger partial charge in [-0.15, -0.1) is 0 Å². The van der Waals surface area contributed by atoms with E-state index in [0.717, 1.165) is 42.9 Å².